The topological polar surface area (TPSA) is 73.5 Å². The van der Waals surface area contributed by atoms with Crippen molar-refractivity contribution in [3.05, 3.63) is 0 Å². The number of carbonyl (C=O) groups excluding carboxylic acids is 2. The molecule has 0 rings (SSSR count). The SMILES string of the molecule is CC(C)CNC(=O)NCCN(C)CCNC(=O)CC(C)(C)C. The molecule has 0 saturated carbocycles. The quantitative estimate of drug-likeness (QED) is 0.603. The second-order valence-electron chi connectivity index (χ2n) is 7.42. The number of hydrogen-bond donors (Lipinski definition) is 3. The Morgan fingerprint density at radius 3 is 2.05 bits per heavy atom. The standard InChI is InChI=1S/C16H34N4O2/c1-13(2)12-19-15(22)18-8-10-20(6)9-7-17-14(21)11-16(3,4)5/h13H,7-12H2,1-6H3,(H,17,21)(H2,18,19,22). The third kappa shape index (κ3) is 13.7. The van der Waals surface area contributed by atoms with E-state index in [1.807, 2.05) is 7.05 Å². The number of nitrogens with zero attached hydrogens (tertiary/aromatic N) is 1. The van der Waals surface area contributed by atoms with Crippen LogP contribution >= 0.6 is 0 Å². The smallest absolute Gasteiger partial charge is 0.314 e. The number of urea groups is 1. The van der Waals surface area contributed by atoms with Gasteiger partial charge in [0.2, 0.25) is 5.91 Å². The Kier molecular flexibility index (Phi) is 9.81. The van der Waals surface area contributed by atoms with Crippen molar-refractivity contribution in [2.45, 2.75) is 41.0 Å². The van der Waals surface area contributed by atoms with E-state index in [0.717, 1.165) is 13.1 Å². The van der Waals surface area contributed by atoms with Gasteiger partial charge in [-0.2, -0.15) is 0 Å². The van der Waals surface area contributed by atoms with Gasteiger partial charge in [-0.05, 0) is 18.4 Å². The summed E-state index contributed by atoms with van der Waals surface area (Å²) in [5.41, 5.74) is 0.0171. The summed E-state index contributed by atoms with van der Waals surface area (Å²) in [6, 6.07) is -0.124. The molecule has 0 atom stereocenters. The summed E-state index contributed by atoms with van der Waals surface area (Å²) in [7, 11) is 1.98. The lowest BCUT2D eigenvalue weighted by Crippen LogP contribution is -2.42. The Morgan fingerprint density at radius 1 is 1.00 bits per heavy atom. The molecule has 0 fully saturated rings. The van der Waals surface area contributed by atoms with E-state index >= 15 is 0 Å². The molecule has 0 aromatic rings. The molecule has 0 saturated heterocycles. The lowest BCUT2D eigenvalue weighted by Gasteiger charge is -2.20. The van der Waals surface area contributed by atoms with Crippen molar-refractivity contribution < 1.29 is 9.59 Å². The highest BCUT2D eigenvalue weighted by molar-refractivity contribution is 5.76. The maximum Gasteiger partial charge on any atom is 0.314 e. The molecule has 3 amide bonds. The van der Waals surface area contributed by atoms with Crippen LogP contribution in [0.3, 0.4) is 0 Å². The molecule has 0 unspecified atom stereocenters. The largest absolute Gasteiger partial charge is 0.355 e. The number of carbonyl (C=O) groups is 2. The Bertz CT molecular complexity index is 338. The molecular formula is C16H34N4O2. The van der Waals surface area contributed by atoms with Crippen LogP contribution in [0.15, 0.2) is 0 Å². The van der Waals surface area contributed by atoms with E-state index in [4.69, 9.17) is 0 Å². The van der Waals surface area contributed by atoms with Crippen LogP contribution < -0.4 is 16.0 Å². The van der Waals surface area contributed by atoms with Gasteiger partial charge in [-0.3, -0.25) is 4.79 Å². The average molecular weight is 314 g/mol. The first-order valence-corrected chi connectivity index (χ1v) is 8.07. The maximum absolute atomic E-state index is 11.7. The summed E-state index contributed by atoms with van der Waals surface area (Å²) in [6.45, 7) is 13.7. The van der Waals surface area contributed by atoms with Crippen LogP contribution in [-0.4, -0.2) is 56.6 Å². The minimum atomic E-state index is -0.124. The average Bonchev–Trinajstić information content (AvgIpc) is 2.34. The van der Waals surface area contributed by atoms with Crippen LogP contribution in [-0.2, 0) is 4.79 Å². The summed E-state index contributed by atoms with van der Waals surface area (Å²) in [6.07, 6.45) is 0.536. The van der Waals surface area contributed by atoms with Gasteiger partial charge in [-0.25, -0.2) is 4.79 Å². The zero-order valence-corrected chi connectivity index (χ0v) is 15.1. The second kappa shape index (κ2) is 10.4. The fraction of sp³-hybridized carbons (Fsp3) is 0.875. The predicted molar refractivity (Wildman–Crippen MR) is 90.8 cm³/mol. The van der Waals surface area contributed by atoms with E-state index in [0.29, 0.717) is 32.0 Å². The predicted octanol–water partition coefficient (Wildman–Crippen LogP) is 1.43. The van der Waals surface area contributed by atoms with Crippen molar-refractivity contribution >= 4 is 11.9 Å². The molecule has 0 spiro atoms. The van der Waals surface area contributed by atoms with E-state index in [-0.39, 0.29) is 17.4 Å². The first-order valence-electron chi connectivity index (χ1n) is 8.07. The molecule has 0 aliphatic carbocycles. The second-order valence-corrected chi connectivity index (χ2v) is 7.42. The van der Waals surface area contributed by atoms with Crippen LogP contribution in [0.25, 0.3) is 0 Å². The van der Waals surface area contributed by atoms with Crippen LogP contribution in [0.1, 0.15) is 41.0 Å². The highest BCUT2D eigenvalue weighted by Crippen LogP contribution is 2.17. The Labute approximate surface area is 135 Å². The van der Waals surface area contributed by atoms with Crippen molar-refractivity contribution in [1.82, 2.24) is 20.9 Å². The van der Waals surface area contributed by atoms with E-state index in [1.165, 1.54) is 0 Å². The fourth-order valence-corrected chi connectivity index (χ4v) is 1.76. The lowest BCUT2D eigenvalue weighted by molar-refractivity contribution is -0.122. The first-order chi connectivity index (χ1) is 10.1. The van der Waals surface area contributed by atoms with Gasteiger partial charge < -0.3 is 20.9 Å². The van der Waals surface area contributed by atoms with Gasteiger partial charge in [0.05, 0.1) is 0 Å². The molecule has 0 aromatic carbocycles. The number of amides is 3. The van der Waals surface area contributed by atoms with Gasteiger partial charge in [0.15, 0.2) is 0 Å². The number of hydrogen-bond acceptors (Lipinski definition) is 3. The molecule has 22 heavy (non-hydrogen) atoms. The third-order valence-corrected chi connectivity index (χ3v) is 2.96. The van der Waals surface area contributed by atoms with Crippen LogP contribution in [0.4, 0.5) is 4.79 Å². The van der Waals surface area contributed by atoms with E-state index < -0.39 is 0 Å². The van der Waals surface area contributed by atoms with Crippen LogP contribution in [0.2, 0.25) is 0 Å². The summed E-state index contributed by atoms with van der Waals surface area (Å²) in [5.74, 6) is 0.539. The normalized spacial score (nSPS) is 11.6. The molecule has 3 N–H and O–H groups in total. The van der Waals surface area contributed by atoms with Crippen molar-refractivity contribution in [3.63, 3.8) is 0 Å². The maximum atomic E-state index is 11.7. The lowest BCUT2D eigenvalue weighted by atomic mass is 9.92. The first kappa shape index (κ1) is 20.7. The number of nitrogens with one attached hydrogen (secondary N) is 3. The highest BCUT2D eigenvalue weighted by atomic mass is 16.2. The zero-order valence-electron chi connectivity index (χ0n) is 15.1. The molecule has 0 aromatic heterocycles. The summed E-state index contributed by atoms with van der Waals surface area (Å²) in [5, 5.41) is 8.55. The minimum Gasteiger partial charge on any atom is -0.355 e. The van der Waals surface area contributed by atoms with Gasteiger partial charge in [0.1, 0.15) is 0 Å². The van der Waals surface area contributed by atoms with Gasteiger partial charge >= 0.3 is 6.03 Å². The Morgan fingerprint density at radius 2 is 1.55 bits per heavy atom. The molecule has 0 radical (unpaired) electrons. The molecule has 0 bridgehead atoms. The van der Waals surface area contributed by atoms with Gasteiger partial charge in [-0.1, -0.05) is 34.6 Å². The van der Waals surface area contributed by atoms with Crippen LogP contribution in [0.5, 0.6) is 0 Å². The number of likely N-dealkylation sites (N-methyl/N-ethyl adjacent to an activating group) is 1. The van der Waals surface area contributed by atoms with Gasteiger partial charge in [0, 0.05) is 39.1 Å². The molecule has 0 aliphatic heterocycles. The third-order valence-electron chi connectivity index (χ3n) is 2.96. The fourth-order valence-electron chi connectivity index (χ4n) is 1.76. The highest BCUT2D eigenvalue weighted by Gasteiger charge is 2.15. The Hall–Kier alpha value is -1.30. The van der Waals surface area contributed by atoms with Crippen molar-refractivity contribution in [1.29, 1.82) is 0 Å². The van der Waals surface area contributed by atoms with Gasteiger partial charge in [-0.15, -0.1) is 0 Å². The van der Waals surface area contributed by atoms with E-state index in [2.05, 4.69) is 55.5 Å². The summed E-state index contributed by atoms with van der Waals surface area (Å²) < 4.78 is 0. The Balaban J connectivity index is 3.64. The number of rotatable bonds is 9. The molecule has 130 valence electrons. The van der Waals surface area contributed by atoms with Crippen molar-refractivity contribution in [3.8, 4) is 0 Å². The molecule has 0 heterocycles. The van der Waals surface area contributed by atoms with Crippen molar-refractivity contribution in [2.24, 2.45) is 11.3 Å². The minimum absolute atomic E-state index is 0.0171. The van der Waals surface area contributed by atoms with Crippen LogP contribution in [0, 0.1) is 11.3 Å². The van der Waals surface area contributed by atoms with E-state index in [9.17, 15) is 9.59 Å². The summed E-state index contributed by atoms with van der Waals surface area (Å²) in [4.78, 5) is 25.2. The molecule has 6 heteroatoms. The molecule has 0 aliphatic rings. The molecular weight excluding hydrogens is 280 g/mol. The van der Waals surface area contributed by atoms with Crippen molar-refractivity contribution in [2.75, 3.05) is 39.8 Å². The van der Waals surface area contributed by atoms with Gasteiger partial charge in [0.25, 0.3) is 0 Å². The van der Waals surface area contributed by atoms with E-state index in [1.54, 1.807) is 0 Å². The zero-order chi connectivity index (χ0) is 17.2. The molecule has 6 nitrogen and oxygen atoms in total. The monoisotopic (exact) mass is 314 g/mol. The summed E-state index contributed by atoms with van der Waals surface area (Å²) >= 11 is 0.